The molecular weight excluding hydrogens is 228 g/mol. The Kier molecular flexibility index (Phi) is 3.69. The number of amides is 1. The van der Waals surface area contributed by atoms with Crippen molar-refractivity contribution in [2.45, 2.75) is 19.3 Å². The zero-order valence-electron chi connectivity index (χ0n) is 11.0. The normalized spacial score (nSPS) is 15.6. The van der Waals surface area contributed by atoms with Crippen LogP contribution in [-0.4, -0.2) is 38.1 Å². The first-order valence-electron chi connectivity index (χ1n) is 6.32. The van der Waals surface area contributed by atoms with Gasteiger partial charge in [-0.15, -0.1) is 0 Å². The molecule has 98 valence electrons. The fourth-order valence-electron chi connectivity index (χ4n) is 2.28. The van der Waals surface area contributed by atoms with Gasteiger partial charge in [-0.05, 0) is 31.4 Å². The highest BCUT2D eigenvalue weighted by Gasteiger charge is 2.17. The number of hydrogen-bond donors (Lipinski definition) is 1. The highest BCUT2D eigenvalue weighted by molar-refractivity contribution is 5.97. The molecule has 18 heavy (non-hydrogen) atoms. The number of nitrogens with two attached hydrogens (primary N) is 1. The van der Waals surface area contributed by atoms with Crippen LogP contribution in [0, 0.1) is 0 Å². The van der Waals surface area contributed by atoms with Crippen molar-refractivity contribution < 1.29 is 4.79 Å². The van der Waals surface area contributed by atoms with Crippen molar-refractivity contribution in [3.8, 4) is 0 Å². The largest absolute Gasteiger partial charge is 0.376 e. The Morgan fingerprint density at radius 1 is 1.28 bits per heavy atom. The molecule has 5 heteroatoms. The third-order valence-corrected chi connectivity index (χ3v) is 3.25. The summed E-state index contributed by atoms with van der Waals surface area (Å²) in [4.78, 5) is 20.0. The van der Waals surface area contributed by atoms with Gasteiger partial charge >= 0.3 is 0 Å². The third kappa shape index (κ3) is 2.55. The standard InChI is InChI=1S/C13H20N4O/c1-16(2)10-6-7-11(15-12(10)13(14)18)17-8-4-3-5-9-17/h6-7H,3-5,8-9H2,1-2H3,(H2,14,18). The number of carbonyl (C=O) groups is 1. The Labute approximate surface area is 108 Å². The summed E-state index contributed by atoms with van der Waals surface area (Å²) in [5.74, 6) is 0.381. The number of hydrogen-bond acceptors (Lipinski definition) is 4. The first kappa shape index (κ1) is 12.7. The maximum absolute atomic E-state index is 11.5. The molecule has 1 aromatic rings. The summed E-state index contributed by atoms with van der Waals surface area (Å²) in [6.45, 7) is 2.01. The van der Waals surface area contributed by atoms with Gasteiger partial charge in [0, 0.05) is 27.2 Å². The zero-order valence-corrected chi connectivity index (χ0v) is 11.0. The van der Waals surface area contributed by atoms with Gasteiger partial charge < -0.3 is 15.5 Å². The van der Waals surface area contributed by atoms with E-state index in [0.717, 1.165) is 24.6 Å². The first-order chi connectivity index (χ1) is 8.59. The maximum atomic E-state index is 11.5. The molecule has 0 saturated carbocycles. The van der Waals surface area contributed by atoms with Crippen molar-refractivity contribution in [3.63, 3.8) is 0 Å². The SMILES string of the molecule is CN(C)c1ccc(N2CCCCC2)nc1C(N)=O. The van der Waals surface area contributed by atoms with E-state index in [1.54, 1.807) is 0 Å². The molecule has 2 rings (SSSR count). The molecule has 0 radical (unpaired) electrons. The van der Waals surface area contributed by atoms with Crippen LogP contribution in [0.4, 0.5) is 11.5 Å². The summed E-state index contributed by atoms with van der Waals surface area (Å²) in [6.07, 6.45) is 3.64. The van der Waals surface area contributed by atoms with E-state index < -0.39 is 5.91 Å². The first-order valence-corrected chi connectivity index (χ1v) is 6.32. The van der Waals surface area contributed by atoms with Crippen molar-refractivity contribution in [1.82, 2.24) is 4.98 Å². The van der Waals surface area contributed by atoms with E-state index in [1.165, 1.54) is 19.3 Å². The van der Waals surface area contributed by atoms with Gasteiger partial charge in [-0.3, -0.25) is 4.79 Å². The van der Waals surface area contributed by atoms with Gasteiger partial charge in [0.05, 0.1) is 5.69 Å². The zero-order chi connectivity index (χ0) is 13.1. The van der Waals surface area contributed by atoms with Crippen LogP contribution in [0.25, 0.3) is 0 Å². The highest BCUT2D eigenvalue weighted by Crippen LogP contribution is 2.23. The van der Waals surface area contributed by atoms with Crippen molar-refractivity contribution in [1.29, 1.82) is 0 Å². The minimum atomic E-state index is -0.474. The molecule has 5 nitrogen and oxygen atoms in total. The number of piperidine rings is 1. The lowest BCUT2D eigenvalue weighted by Gasteiger charge is -2.28. The monoisotopic (exact) mass is 248 g/mol. The van der Waals surface area contributed by atoms with Crippen LogP contribution >= 0.6 is 0 Å². The molecule has 1 fully saturated rings. The summed E-state index contributed by atoms with van der Waals surface area (Å²) in [5, 5.41) is 0. The van der Waals surface area contributed by atoms with Gasteiger partial charge in [-0.1, -0.05) is 0 Å². The fourth-order valence-corrected chi connectivity index (χ4v) is 2.28. The fraction of sp³-hybridized carbons (Fsp3) is 0.538. The number of primary amides is 1. The van der Waals surface area contributed by atoms with Crippen molar-refractivity contribution >= 4 is 17.4 Å². The predicted molar refractivity (Wildman–Crippen MR) is 73.1 cm³/mol. The van der Waals surface area contributed by atoms with Crippen LogP contribution < -0.4 is 15.5 Å². The molecule has 1 aliphatic rings. The van der Waals surface area contributed by atoms with Crippen LogP contribution in [0.5, 0.6) is 0 Å². The van der Waals surface area contributed by atoms with Gasteiger partial charge in [-0.25, -0.2) is 4.98 Å². The molecule has 1 saturated heterocycles. The van der Waals surface area contributed by atoms with E-state index in [9.17, 15) is 4.79 Å². The van der Waals surface area contributed by atoms with E-state index >= 15 is 0 Å². The Balaban J connectivity index is 2.33. The Morgan fingerprint density at radius 2 is 1.94 bits per heavy atom. The van der Waals surface area contributed by atoms with Crippen molar-refractivity contribution in [3.05, 3.63) is 17.8 Å². The van der Waals surface area contributed by atoms with Gasteiger partial charge in [-0.2, -0.15) is 0 Å². The number of anilines is 2. The Morgan fingerprint density at radius 3 is 2.50 bits per heavy atom. The Bertz CT molecular complexity index is 439. The lowest BCUT2D eigenvalue weighted by Crippen LogP contribution is -2.31. The van der Waals surface area contributed by atoms with E-state index in [2.05, 4.69) is 9.88 Å². The molecule has 0 aromatic carbocycles. The molecule has 0 bridgehead atoms. The van der Waals surface area contributed by atoms with Gasteiger partial charge in [0.1, 0.15) is 5.82 Å². The van der Waals surface area contributed by atoms with Gasteiger partial charge in [0.15, 0.2) is 5.69 Å². The van der Waals surface area contributed by atoms with Crippen LogP contribution in [-0.2, 0) is 0 Å². The Hall–Kier alpha value is -1.78. The topological polar surface area (TPSA) is 62.5 Å². The minimum Gasteiger partial charge on any atom is -0.376 e. The second-order valence-electron chi connectivity index (χ2n) is 4.84. The minimum absolute atomic E-state index is 0.350. The van der Waals surface area contributed by atoms with Crippen molar-refractivity contribution in [2.24, 2.45) is 5.73 Å². The van der Waals surface area contributed by atoms with E-state index in [-0.39, 0.29) is 0 Å². The summed E-state index contributed by atoms with van der Waals surface area (Å²) in [7, 11) is 3.76. The summed E-state index contributed by atoms with van der Waals surface area (Å²) in [6, 6.07) is 3.88. The van der Waals surface area contributed by atoms with Crippen LogP contribution in [0.15, 0.2) is 12.1 Å². The molecule has 0 aliphatic carbocycles. The molecule has 0 atom stereocenters. The summed E-state index contributed by atoms with van der Waals surface area (Å²) in [5.41, 5.74) is 6.52. The number of aromatic nitrogens is 1. The van der Waals surface area contributed by atoms with Crippen LogP contribution in [0.3, 0.4) is 0 Å². The van der Waals surface area contributed by atoms with E-state index in [4.69, 9.17) is 5.73 Å². The molecule has 1 aromatic heterocycles. The van der Waals surface area contributed by atoms with Crippen molar-refractivity contribution in [2.75, 3.05) is 37.0 Å². The maximum Gasteiger partial charge on any atom is 0.269 e. The second-order valence-corrected chi connectivity index (χ2v) is 4.84. The molecular formula is C13H20N4O. The lowest BCUT2D eigenvalue weighted by molar-refractivity contribution is 0.0996. The second kappa shape index (κ2) is 5.25. The van der Waals surface area contributed by atoms with Gasteiger partial charge in [0.2, 0.25) is 0 Å². The molecule has 2 heterocycles. The lowest BCUT2D eigenvalue weighted by atomic mass is 10.1. The number of nitrogens with zero attached hydrogens (tertiary/aromatic N) is 3. The average molecular weight is 248 g/mol. The van der Waals surface area contributed by atoms with Crippen LogP contribution in [0.2, 0.25) is 0 Å². The van der Waals surface area contributed by atoms with E-state index in [1.807, 2.05) is 31.1 Å². The molecule has 2 N–H and O–H groups in total. The highest BCUT2D eigenvalue weighted by atomic mass is 16.1. The summed E-state index contributed by atoms with van der Waals surface area (Å²) >= 11 is 0. The van der Waals surface area contributed by atoms with Crippen LogP contribution in [0.1, 0.15) is 29.8 Å². The molecule has 1 amide bonds. The molecule has 0 unspecified atom stereocenters. The smallest absolute Gasteiger partial charge is 0.269 e. The number of rotatable bonds is 3. The number of pyridine rings is 1. The van der Waals surface area contributed by atoms with E-state index in [0.29, 0.717) is 5.69 Å². The molecule has 1 aliphatic heterocycles. The quantitative estimate of drug-likeness (QED) is 0.874. The predicted octanol–water partition coefficient (Wildman–Crippen LogP) is 1.24. The number of carbonyl (C=O) groups excluding carboxylic acids is 1. The average Bonchev–Trinajstić information content (AvgIpc) is 2.39. The van der Waals surface area contributed by atoms with Gasteiger partial charge in [0.25, 0.3) is 5.91 Å². The third-order valence-electron chi connectivity index (χ3n) is 3.25. The molecule has 0 spiro atoms. The summed E-state index contributed by atoms with van der Waals surface area (Å²) < 4.78 is 0.